The van der Waals surface area contributed by atoms with Crippen LogP contribution in [0.5, 0.6) is 0 Å². The van der Waals surface area contributed by atoms with Gasteiger partial charge in [-0.3, -0.25) is 4.79 Å². The molecule has 0 saturated carbocycles. The molecule has 0 bridgehead atoms. The van der Waals surface area contributed by atoms with E-state index in [0.717, 1.165) is 39.4 Å². The van der Waals surface area contributed by atoms with Gasteiger partial charge in [-0.1, -0.05) is 115 Å². The number of hydrogen-bond donors (Lipinski definition) is 0. The molecule has 3 heterocycles. The maximum Gasteiger partial charge on any atom is 0.193 e. The SMILES string of the molecule is O=c1cc(-c2ccccc2)oc2ccc(-c3ccc(N(c4ccccc4)c4ccc5sc6c(ccc7c8ccccc8n(-c8ccccc8)c76)c5c4)cc3)cc12. The molecule has 11 aromatic rings. The van der Waals surface area contributed by atoms with Gasteiger partial charge in [0.2, 0.25) is 0 Å². The van der Waals surface area contributed by atoms with Crippen molar-refractivity contribution in [2.45, 2.75) is 0 Å². The molecule has 0 fully saturated rings. The Hall–Kier alpha value is -7.21. The molecule has 0 unspecified atom stereocenters. The van der Waals surface area contributed by atoms with Crippen molar-refractivity contribution in [2.75, 3.05) is 4.90 Å². The Labute approximate surface area is 326 Å². The molecule has 0 spiro atoms. The van der Waals surface area contributed by atoms with Gasteiger partial charge in [-0.2, -0.15) is 0 Å². The fraction of sp³-hybridized carbons (Fsp3) is 0. The monoisotopic (exact) mass is 736 g/mol. The predicted octanol–water partition coefficient (Wildman–Crippen LogP) is 14.1. The maximum absolute atomic E-state index is 13.3. The summed E-state index contributed by atoms with van der Waals surface area (Å²) in [6.07, 6.45) is 0. The third kappa shape index (κ3) is 5.24. The van der Waals surface area contributed by atoms with E-state index in [-0.39, 0.29) is 5.43 Å². The Morgan fingerprint density at radius 3 is 1.93 bits per heavy atom. The zero-order chi connectivity index (χ0) is 37.2. The lowest BCUT2D eigenvalue weighted by Crippen LogP contribution is -2.09. The molecule has 56 heavy (non-hydrogen) atoms. The topological polar surface area (TPSA) is 38.4 Å². The van der Waals surface area contributed by atoms with Gasteiger partial charge in [-0.25, -0.2) is 0 Å². The van der Waals surface area contributed by atoms with Crippen LogP contribution in [0.25, 0.3) is 81.1 Å². The van der Waals surface area contributed by atoms with E-state index in [1.54, 1.807) is 6.07 Å². The van der Waals surface area contributed by atoms with E-state index in [9.17, 15) is 4.79 Å². The van der Waals surface area contributed by atoms with Gasteiger partial charge < -0.3 is 13.9 Å². The standard InChI is InChI=1S/C51H32N2O2S/c54-46-32-48(34-12-4-1-5-13-34)55-47-28-22-35(30-44(46)47)33-20-23-38(24-21-33)52(36-14-6-2-7-15-36)39-25-29-49-43(31-39)42-27-26-41-40-18-10-11-19-45(40)53(50(41)51(42)56-49)37-16-8-3-9-17-37/h1-32H. The maximum atomic E-state index is 13.3. The summed E-state index contributed by atoms with van der Waals surface area (Å²) < 4.78 is 11.1. The summed E-state index contributed by atoms with van der Waals surface area (Å²) in [4.78, 5) is 15.6. The van der Waals surface area contributed by atoms with Crippen LogP contribution < -0.4 is 10.3 Å². The normalized spacial score (nSPS) is 11.6. The van der Waals surface area contributed by atoms with Crippen LogP contribution in [0.1, 0.15) is 0 Å². The second-order valence-electron chi connectivity index (χ2n) is 14.1. The van der Waals surface area contributed by atoms with Gasteiger partial charge in [-0.15, -0.1) is 11.3 Å². The number of nitrogens with zero attached hydrogens (tertiary/aromatic N) is 2. The highest BCUT2D eigenvalue weighted by atomic mass is 32.1. The van der Waals surface area contributed by atoms with Crippen molar-refractivity contribution >= 4 is 81.3 Å². The molecule has 0 amide bonds. The zero-order valence-electron chi connectivity index (χ0n) is 30.1. The Morgan fingerprint density at radius 1 is 0.464 bits per heavy atom. The lowest BCUT2D eigenvalue weighted by molar-refractivity contribution is 0.619. The van der Waals surface area contributed by atoms with Crippen LogP contribution in [0.2, 0.25) is 0 Å². The molecular formula is C51H32N2O2S. The molecule has 0 aliphatic carbocycles. The van der Waals surface area contributed by atoms with Crippen LogP contribution in [-0.2, 0) is 0 Å². The van der Waals surface area contributed by atoms with Crippen molar-refractivity contribution in [1.82, 2.24) is 4.57 Å². The summed E-state index contributed by atoms with van der Waals surface area (Å²) in [5.41, 5.74) is 10.2. The van der Waals surface area contributed by atoms with Gasteiger partial charge in [0, 0.05) is 60.6 Å². The summed E-state index contributed by atoms with van der Waals surface area (Å²) in [5, 5.41) is 5.57. The summed E-state index contributed by atoms with van der Waals surface area (Å²) in [6.45, 7) is 0. The van der Waals surface area contributed by atoms with E-state index >= 15 is 0 Å². The first-order valence-corrected chi connectivity index (χ1v) is 19.5. The van der Waals surface area contributed by atoms with Crippen molar-refractivity contribution in [2.24, 2.45) is 0 Å². The van der Waals surface area contributed by atoms with Crippen LogP contribution in [-0.4, -0.2) is 4.57 Å². The number of aromatic nitrogens is 1. The van der Waals surface area contributed by atoms with Crippen LogP contribution in [0.4, 0.5) is 17.1 Å². The largest absolute Gasteiger partial charge is 0.456 e. The summed E-state index contributed by atoms with van der Waals surface area (Å²) in [6, 6.07) is 67.1. The highest BCUT2D eigenvalue weighted by Crippen LogP contribution is 2.45. The zero-order valence-corrected chi connectivity index (χ0v) is 30.9. The summed E-state index contributed by atoms with van der Waals surface area (Å²) >= 11 is 1.86. The number of thiophene rings is 1. The lowest BCUT2D eigenvalue weighted by atomic mass is 10.0. The Kier molecular flexibility index (Phi) is 7.47. The molecule has 0 saturated heterocycles. The van der Waals surface area contributed by atoms with Crippen molar-refractivity contribution in [1.29, 1.82) is 0 Å². The fourth-order valence-electron chi connectivity index (χ4n) is 8.16. The van der Waals surface area contributed by atoms with Gasteiger partial charge in [0.15, 0.2) is 5.43 Å². The molecule has 11 rings (SSSR count). The second kappa shape index (κ2) is 13.0. The number of anilines is 3. The molecule has 264 valence electrons. The number of para-hydroxylation sites is 3. The molecule has 0 aliphatic rings. The van der Waals surface area contributed by atoms with Crippen molar-refractivity contribution in [3.8, 4) is 28.1 Å². The number of fused-ring (bicyclic) bond motifs is 8. The number of hydrogen-bond acceptors (Lipinski definition) is 4. The van der Waals surface area contributed by atoms with E-state index in [1.165, 1.54) is 42.0 Å². The van der Waals surface area contributed by atoms with Crippen molar-refractivity contribution < 1.29 is 4.42 Å². The Morgan fingerprint density at radius 2 is 1.12 bits per heavy atom. The molecule has 0 radical (unpaired) electrons. The average Bonchev–Trinajstić information content (AvgIpc) is 3.81. The predicted molar refractivity (Wildman–Crippen MR) is 235 cm³/mol. The lowest BCUT2D eigenvalue weighted by Gasteiger charge is -2.26. The number of benzene rings is 8. The molecule has 0 atom stereocenters. The highest BCUT2D eigenvalue weighted by Gasteiger charge is 2.20. The molecular weight excluding hydrogens is 705 g/mol. The molecule has 5 heteroatoms. The van der Waals surface area contributed by atoms with Crippen LogP contribution in [0.3, 0.4) is 0 Å². The van der Waals surface area contributed by atoms with Crippen molar-refractivity contribution in [3.05, 3.63) is 204 Å². The van der Waals surface area contributed by atoms with Crippen LogP contribution in [0.15, 0.2) is 203 Å². The minimum atomic E-state index is -0.0579. The van der Waals surface area contributed by atoms with Crippen molar-refractivity contribution in [3.63, 3.8) is 0 Å². The number of rotatable bonds is 6. The molecule has 4 nitrogen and oxygen atoms in total. The van der Waals surface area contributed by atoms with E-state index in [0.29, 0.717) is 16.7 Å². The molecule has 0 aliphatic heterocycles. The van der Waals surface area contributed by atoms with E-state index in [4.69, 9.17) is 4.42 Å². The first kappa shape index (κ1) is 32.2. The molecule has 3 aromatic heterocycles. The smallest absolute Gasteiger partial charge is 0.193 e. The van der Waals surface area contributed by atoms with Crippen LogP contribution >= 0.6 is 11.3 Å². The van der Waals surface area contributed by atoms with Gasteiger partial charge in [0.25, 0.3) is 0 Å². The third-order valence-corrected chi connectivity index (χ3v) is 12.0. The van der Waals surface area contributed by atoms with E-state index in [2.05, 4.69) is 149 Å². The van der Waals surface area contributed by atoms with Gasteiger partial charge in [0.05, 0.1) is 21.1 Å². The Balaban J connectivity index is 1.01. The first-order valence-electron chi connectivity index (χ1n) is 18.7. The quantitative estimate of drug-likeness (QED) is 0.171. The second-order valence-corrected chi connectivity index (χ2v) is 15.1. The first-order chi connectivity index (χ1) is 27.7. The average molecular weight is 737 g/mol. The summed E-state index contributed by atoms with van der Waals surface area (Å²) in [7, 11) is 0. The molecule has 8 aromatic carbocycles. The molecule has 0 N–H and O–H groups in total. The minimum Gasteiger partial charge on any atom is -0.456 e. The Bertz CT molecular complexity index is 3310. The van der Waals surface area contributed by atoms with Gasteiger partial charge >= 0.3 is 0 Å². The van der Waals surface area contributed by atoms with Gasteiger partial charge in [-0.05, 0) is 83.9 Å². The highest BCUT2D eigenvalue weighted by molar-refractivity contribution is 7.26. The fourth-order valence-corrected chi connectivity index (χ4v) is 9.38. The minimum absolute atomic E-state index is 0.0579. The van der Waals surface area contributed by atoms with Crippen LogP contribution in [0, 0.1) is 0 Å². The van der Waals surface area contributed by atoms with E-state index in [1.807, 2.05) is 59.9 Å². The summed E-state index contributed by atoms with van der Waals surface area (Å²) in [5.74, 6) is 0.568. The third-order valence-electron chi connectivity index (χ3n) is 10.8. The van der Waals surface area contributed by atoms with E-state index < -0.39 is 0 Å². The van der Waals surface area contributed by atoms with Gasteiger partial charge in [0.1, 0.15) is 11.3 Å².